The first-order valence-electron chi connectivity index (χ1n) is 10.4. The lowest BCUT2D eigenvalue weighted by Crippen LogP contribution is -2.38. The molecular weight excluding hydrogens is 445 g/mol. The Kier molecular flexibility index (Phi) is 7.99. The van der Waals surface area contributed by atoms with Crippen molar-refractivity contribution in [2.45, 2.75) is 46.1 Å². The van der Waals surface area contributed by atoms with Crippen molar-refractivity contribution in [2.24, 2.45) is 5.73 Å². The Bertz CT molecular complexity index is 1140. The molecular formula is C24H28FN3O6. The molecule has 182 valence electrons. The smallest absolute Gasteiger partial charge is 0.407 e. The minimum atomic E-state index is -1.16. The molecule has 3 amide bonds. The third-order valence-electron chi connectivity index (χ3n) is 4.98. The minimum absolute atomic E-state index is 0.00697. The summed E-state index contributed by atoms with van der Waals surface area (Å²) in [5.74, 6) is -4.69. The van der Waals surface area contributed by atoms with Gasteiger partial charge in [-0.05, 0) is 75.6 Å². The number of nitrogens with one attached hydrogen (secondary N) is 2. The van der Waals surface area contributed by atoms with Crippen LogP contribution in [0, 0.1) is 19.7 Å². The normalized spacial score (nSPS) is 11.9. The molecule has 0 saturated carbocycles. The zero-order valence-electron chi connectivity index (χ0n) is 19.6. The van der Waals surface area contributed by atoms with Gasteiger partial charge in [-0.3, -0.25) is 9.59 Å². The van der Waals surface area contributed by atoms with Crippen molar-refractivity contribution in [1.29, 1.82) is 0 Å². The first-order chi connectivity index (χ1) is 15.7. The average molecular weight is 474 g/mol. The summed E-state index contributed by atoms with van der Waals surface area (Å²) in [5, 5.41) is 14.6. The van der Waals surface area contributed by atoms with Gasteiger partial charge in [-0.25, -0.2) is 14.0 Å². The molecule has 0 fully saturated rings. The van der Waals surface area contributed by atoms with Gasteiger partial charge in [0.05, 0.1) is 17.0 Å². The number of carbonyl (C=O) groups is 4. The van der Waals surface area contributed by atoms with Crippen LogP contribution < -0.4 is 16.4 Å². The highest BCUT2D eigenvalue weighted by atomic mass is 19.1. The maximum Gasteiger partial charge on any atom is 0.407 e. The highest BCUT2D eigenvalue weighted by Gasteiger charge is 2.28. The van der Waals surface area contributed by atoms with Crippen molar-refractivity contribution >= 4 is 29.6 Å². The summed E-state index contributed by atoms with van der Waals surface area (Å²) in [4.78, 5) is 48.4. The SMILES string of the molecule is Cc1ccc(C(=O)O)c(C)c1C(CNC(=O)OC(C)(C)C)C(=O)Nc1ccc(C(N)=O)c(F)c1. The molecule has 0 aliphatic rings. The Balaban J connectivity index is 2.43. The largest absolute Gasteiger partial charge is 0.478 e. The van der Waals surface area contributed by atoms with Gasteiger partial charge in [0.1, 0.15) is 11.4 Å². The van der Waals surface area contributed by atoms with Crippen LogP contribution >= 0.6 is 0 Å². The molecule has 0 heterocycles. The number of rotatable bonds is 7. The minimum Gasteiger partial charge on any atom is -0.478 e. The van der Waals surface area contributed by atoms with Crippen LogP contribution in [0.25, 0.3) is 0 Å². The van der Waals surface area contributed by atoms with Crippen molar-refractivity contribution in [3.8, 4) is 0 Å². The van der Waals surface area contributed by atoms with Crippen LogP contribution in [0.2, 0.25) is 0 Å². The first kappa shape index (κ1) is 26.3. The Hall–Kier alpha value is -3.95. The number of alkyl carbamates (subject to hydrolysis) is 1. The van der Waals surface area contributed by atoms with Gasteiger partial charge in [0.25, 0.3) is 5.91 Å². The number of amides is 3. The predicted octanol–water partition coefficient (Wildman–Crippen LogP) is 3.49. The topological polar surface area (TPSA) is 148 Å². The van der Waals surface area contributed by atoms with E-state index in [0.29, 0.717) is 16.7 Å². The monoisotopic (exact) mass is 473 g/mol. The number of nitrogens with two attached hydrogens (primary N) is 1. The van der Waals surface area contributed by atoms with Crippen LogP contribution in [-0.4, -0.2) is 41.1 Å². The van der Waals surface area contributed by atoms with E-state index < -0.39 is 41.2 Å². The van der Waals surface area contributed by atoms with Crippen molar-refractivity contribution in [3.05, 3.63) is 64.0 Å². The average Bonchev–Trinajstić information content (AvgIpc) is 2.68. The van der Waals surface area contributed by atoms with Crippen LogP contribution in [-0.2, 0) is 9.53 Å². The summed E-state index contributed by atoms with van der Waals surface area (Å²) in [5.41, 5.74) is 5.46. The fraction of sp³-hybridized carbons (Fsp3) is 0.333. The Morgan fingerprint density at radius 3 is 2.24 bits per heavy atom. The van der Waals surface area contributed by atoms with E-state index in [1.165, 1.54) is 12.1 Å². The van der Waals surface area contributed by atoms with Crippen LogP contribution in [0.15, 0.2) is 30.3 Å². The standard InChI is InChI=1S/C24H28FN3O6/c1-12-6-8-15(22(31)32)13(2)19(12)17(11-27-23(33)34-24(3,4)5)21(30)28-14-7-9-16(20(26)29)18(25)10-14/h6-10,17H,11H2,1-5H3,(H2,26,29)(H,27,33)(H,28,30)(H,31,32). The fourth-order valence-electron chi connectivity index (χ4n) is 3.48. The number of carboxylic acid groups (broad SMARTS) is 1. The number of anilines is 1. The number of ether oxygens (including phenoxy) is 1. The molecule has 0 saturated heterocycles. The van der Waals surface area contributed by atoms with Gasteiger partial charge >= 0.3 is 12.1 Å². The van der Waals surface area contributed by atoms with E-state index in [-0.39, 0.29) is 23.4 Å². The van der Waals surface area contributed by atoms with Crippen LogP contribution in [0.5, 0.6) is 0 Å². The number of primary amides is 1. The molecule has 0 aliphatic heterocycles. The van der Waals surface area contributed by atoms with E-state index >= 15 is 0 Å². The second-order valence-corrected chi connectivity index (χ2v) is 8.76. The first-order valence-corrected chi connectivity index (χ1v) is 10.4. The molecule has 0 spiro atoms. The molecule has 2 aromatic rings. The number of benzene rings is 2. The van der Waals surface area contributed by atoms with Crippen LogP contribution in [0.1, 0.15) is 64.1 Å². The van der Waals surface area contributed by atoms with Gasteiger partial charge in [-0.15, -0.1) is 0 Å². The van der Waals surface area contributed by atoms with E-state index in [2.05, 4.69) is 10.6 Å². The number of aromatic carboxylic acids is 1. The summed E-state index contributed by atoms with van der Waals surface area (Å²) in [6, 6.07) is 6.41. The molecule has 0 aromatic heterocycles. The summed E-state index contributed by atoms with van der Waals surface area (Å²) in [6.45, 7) is 8.13. The Morgan fingerprint density at radius 1 is 1.09 bits per heavy atom. The molecule has 5 N–H and O–H groups in total. The maximum atomic E-state index is 14.2. The molecule has 1 unspecified atom stereocenters. The molecule has 0 radical (unpaired) electrons. The third kappa shape index (κ3) is 6.53. The Morgan fingerprint density at radius 2 is 1.71 bits per heavy atom. The maximum absolute atomic E-state index is 14.2. The van der Waals surface area contributed by atoms with Gasteiger partial charge in [0, 0.05) is 12.2 Å². The predicted molar refractivity (Wildman–Crippen MR) is 123 cm³/mol. The molecule has 10 heteroatoms. The third-order valence-corrected chi connectivity index (χ3v) is 4.98. The second-order valence-electron chi connectivity index (χ2n) is 8.76. The molecule has 2 aromatic carbocycles. The van der Waals surface area contributed by atoms with Crippen LogP contribution in [0.3, 0.4) is 0 Å². The zero-order chi connectivity index (χ0) is 25.8. The summed E-state index contributed by atoms with van der Waals surface area (Å²) in [7, 11) is 0. The van der Waals surface area contributed by atoms with E-state index in [1.54, 1.807) is 40.7 Å². The molecule has 1 atom stereocenters. The molecule has 9 nitrogen and oxygen atoms in total. The van der Waals surface area contributed by atoms with E-state index in [9.17, 15) is 28.7 Å². The highest BCUT2D eigenvalue weighted by molar-refractivity contribution is 5.99. The lowest BCUT2D eigenvalue weighted by atomic mass is 9.87. The number of hydrogen-bond donors (Lipinski definition) is 4. The van der Waals surface area contributed by atoms with E-state index in [1.807, 2.05) is 0 Å². The lowest BCUT2D eigenvalue weighted by molar-refractivity contribution is -0.117. The molecule has 0 aliphatic carbocycles. The van der Waals surface area contributed by atoms with Gasteiger partial charge in [0.2, 0.25) is 5.91 Å². The fourth-order valence-corrected chi connectivity index (χ4v) is 3.48. The molecule has 34 heavy (non-hydrogen) atoms. The number of halogens is 1. The second kappa shape index (κ2) is 10.3. The van der Waals surface area contributed by atoms with E-state index in [0.717, 1.165) is 12.1 Å². The molecule has 2 rings (SSSR count). The molecule has 0 bridgehead atoms. The Labute approximate surface area is 196 Å². The zero-order valence-corrected chi connectivity index (χ0v) is 19.6. The van der Waals surface area contributed by atoms with Gasteiger partial charge in [-0.2, -0.15) is 0 Å². The van der Waals surface area contributed by atoms with Crippen molar-refractivity contribution in [1.82, 2.24) is 5.32 Å². The summed E-state index contributed by atoms with van der Waals surface area (Å²) >= 11 is 0. The van der Waals surface area contributed by atoms with Gasteiger partial charge < -0.3 is 26.2 Å². The van der Waals surface area contributed by atoms with E-state index in [4.69, 9.17) is 10.5 Å². The quantitative estimate of drug-likeness (QED) is 0.484. The number of aryl methyl sites for hydroxylation is 1. The van der Waals surface area contributed by atoms with Crippen molar-refractivity contribution in [3.63, 3.8) is 0 Å². The van der Waals surface area contributed by atoms with Gasteiger partial charge in [0.15, 0.2) is 0 Å². The number of hydrogen-bond acceptors (Lipinski definition) is 5. The number of carboxylic acids is 1. The summed E-state index contributed by atoms with van der Waals surface area (Å²) in [6.07, 6.45) is -0.758. The lowest BCUT2D eigenvalue weighted by Gasteiger charge is -2.24. The van der Waals surface area contributed by atoms with Crippen molar-refractivity contribution < 1.29 is 33.4 Å². The number of carbonyl (C=O) groups excluding carboxylic acids is 3. The van der Waals surface area contributed by atoms with Crippen LogP contribution in [0.4, 0.5) is 14.9 Å². The highest BCUT2D eigenvalue weighted by Crippen LogP contribution is 2.28. The van der Waals surface area contributed by atoms with Gasteiger partial charge in [-0.1, -0.05) is 6.07 Å². The summed E-state index contributed by atoms with van der Waals surface area (Å²) < 4.78 is 19.4. The van der Waals surface area contributed by atoms with Crippen molar-refractivity contribution in [2.75, 3.05) is 11.9 Å².